The van der Waals surface area contributed by atoms with Gasteiger partial charge in [-0.15, -0.1) is 0 Å². The molecule has 0 saturated heterocycles. The minimum atomic E-state index is -0.266. The SMILES string of the molecule is Cc1nc(C=CCS)ccc1F. The molecule has 0 bridgehead atoms. The van der Waals surface area contributed by atoms with Gasteiger partial charge in [0.2, 0.25) is 0 Å². The molecule has 0 unspecified atom stereocenters. The highest BCUT2D eigenvalue weighted by molar-refractivity contribution is 7.80. The van der Waals surface area contributed by atoms with E-state index in [2.05, 4.69) is 17.6 Å². The van der Waals surface area contributed by atoms with Crippen LogP contribution in [0.5, 0.6) is 0 Å². The minimum absolute atomic E-state index is 0.266. The first-order valence-corrected chi connectivity index (χ1v) is 4.28. The number of halogens is 1. The molecule has 0 aromatic carbocycles. The zero-order valence-electron chi connectivity index (χ0n) is 6.79. The Balaban J connectivity index is 2.89. The van der Waals surface area contributed by atoms with E-state index in [-0.39, 0.29) is 5.82 Å². The molecule has 64 valence electrons. The zero-order valence-corrected chi connectivity index (χ0v) is 7.68. The second-order valence-corrected chi connectivity index (χ2v) is 2.75. The predicted molar refractivity (Wildman–Crippen MR) is 51.8 cm³/mol. The quantitative estimate of drug-likeness (QED) is 0.695. The number of hydrogen-bond acceptors (Lipinski definition) is 2. The van der Waals surface area contributed by atoms with Gasteiger partial charge < -0.3 is 0 Å². The molecule has 1 aromatic heterocycles. The fraction of sp³-hybridized carbons (Fsp3) is 0.222. The number of rotatable bonds is 2. The van der Waals surface area contributed by atoms with Crippen LogP contribution in [0.25, 0.3) is 6.08 Å². The molecule has 0 atom stereocenters. The van der Waals surface area contributed by atoms with Crippen molar-refractivity contribution in [3.8, 4) is 0 Å². The van der Waals surface area contributed by atoms with Crippen LogP contribution >= 0.6 is 12.6 Å². The summed E-state index contributed by atoms with van der Waals surface area (Å²) in [4.78, 5) is 4.01. The minimum Gasteiger partial charge on any atom is -0.251 e. The summed E-state index contributed by atoms with van der Waals surface area (Å²) in [5.74, 6) is 0.399. The van der Waals surface area contributed by atoms with E-state index in [1.165, 1.54) is 6.07 Å². The van der Waals surface area contributed by atoms with E-state index in [1.807, 2.05) is 12.2 Å². The summed E-state index contributed by atoms with van der Waals surface area (Å²) in [6.07, 6.45) is 3.68. The smallest absolute Gasteiger partial charge is 0.144 e. The second kappa shape index (κ2) is 4.26. The second-order valence-electron chi connectivity index (χ2n) is 2.39. The third-order valence-electron chi connectivity index (χ3n) is 1.44. The van der Waals surface area contributed by atoms with Gasteiger partial charge in [0.15, 0.2) is 0 Å². The van der Waals surface area contributed by atoms with Crippen LogP contribution in [-0.2, 0) is 0 Å². The molecule has 0 aliphatic rings. The first kappa shape index (κ1) is 9.26. The van der Waals surface area contributed by atoms with Gasteiger partial charge in [-0.05, 0) is 25.1 Å². The molecule has 0 radical (unpaired) electrons. The highest BCUT2D eigenvalue weighted by Crippen LogP contribution is 2.05. The molecule has 0 fully saturated rings. The van der Waals surface area contributed by atoms with Crippen LogP contribution in [0.3, 0.4) is 0 Å². The summed E-state index contributed by atoms with van der Waals surface area (Å²) in [6, 6.07) is 3.06. The van der Waals surface area contributed by atoms with Crippen molar-refractivity contribution in [2.45, 2.75) is 6.92 Å². The van der Waals surface area contributed by atoms with E-state index < -0.39 is 0 Å². The van der Waals surface area contributed by atoms with Gasteiger partial charge in [0.25, 0.3) is 0 Å². The highest BCUT2D eigenvalue weighted by Gasteiger charge is 1.96. The van der Waals surface area contributed by atoms with Gasteiger partial charge in [-0.25, -0.2) is 4.39 Å². The van der Waals surface area contributed by atoms with Gasteiger partial charge in [-0.2, -0.15) is 12.6 Å². The number of aromatic nitrogens is 1. The van der Waals surface area contributed by atoms with Crippen LogP contribution in [0.15, 0.2) is 18.2 Å². The van der Waals surface area contributed by atoms with E-state index in [9.17, 15) is 4.39 Å². The number of thiol groups is 1. The van der Waals surface area contributed by atoms with Gasteiger partial charge in [-0.3, -0.25) is 4.98 Å². The van der Waals surface area contributed by atoms with Gasteiger partial charge in [0, 0.05) is 5.75 Å². The topological polar surface area (TPSA) is 12.9 Å². The van der Waals surface area contributed by atoms with Crippen molar-refractivity contribution in [3.63, 3.8) is 0 Å². The highest BCUT2D eigenvalue weighted by atomic mass is 32.1. The zero-order chi connectivity index (χ0) is 8.97. The fourth-order valence-corrected chi connectivity index (χ4v) is 0.935. The van der Waals surface area contributed by atoms with Gasteiger partial charge in [-0.1, -0.05) is 6.08 Å². The molecule has 1 aromatic rings. The van der Waals surface area contributed by atoms with Crippen LogP contribution in [-0.4, -0.2) is 10.7 Å². The number of aryl methyl sites for hydroxylation is 1. The molecule has 0 amide bonds. The van der Waals surface area contributed by atoms with Crippen molar-refractivity contribution in [1.82, 2.24) is 4.98 Å². The summed E-state index contributed by atoms with van der Waals surface area (Å²) in [6.45, 7) is 1.65. The Labute approximate surface area is 76.7 Å². The lowest BCUT2D eigenvalue weighted by Crippen LogP contribution is -1.89. The first-order chi connectivity index (χ1) is 5.74. The Hall–Kier alpha value is -0.830. The summed E-state index contributed by atoms with van der Waals surface area (Å²) in [7, 11) is 0. The van der Waals surface area contributed by atoms with Crippen LogP contribution in [0.1, 0.15) is 11.4 Å². The molecular formula is C9H10FNS. The van der Waals surface area contributed by atoms with E-state index in [1.54, 1.807) is 13.0 Å². The Kier molecular flexibility index (Phi) is 3.29. The average molecular weight is 183 g/mol. The molecule has 3 heteroatoms. The molecule has 0 spiro atoms. The van der Waals surface area contributed by atoms with Gasteiger partial charge in [0.1, 0.15) is 5.82 Å². The van der Waals surface area contributed by atoms with Crippen molar-refractivity contribution in [2.24, 2.45) is 0 Å². The first-order valence-electron chi connectivity index (χ1n) is 3.64. The Morgan fingerprint density at radius 2 is 2.33 bits per heavy atom. The maximum Gasteiger partial charge on any atom is 0.144 e. The Bertz CT molecular complexity index is 297. The van der Waals surface area contributed by atoms with E-state index in [0.29, 0.717) is 11.4 Å². The van der Waals surface area contributed by atoms with Crippen LogP contribution in [0, 0.1) is 12.7 Å². The fourth-order valence-electron chi connectivity index (χ4n) is 0.830. The summed E-state index contributed by atoms with van der Waals surface area (Å²) in [5.41, 5.74) is 1.19. The van der Waals surface area contributed by atoms with Gasteiger partial charge >= 0.3 is 0 Å². The maximum atomic E-state index is 12.7. The predicted octanol–water partition coefficient (Wildman–Crippen LogP) is 2.47. The number of nitrogens with zero attached hydrogens (tertiary/aromatic N) is 1. The van der Waals surface area contributed by atoms with Crippen molar-refractivity contribution in [1.29, 1.82) is 0 Å². The van der Waals surface area contributed by atoms with Crippen molar-refractivity contribution in [2.75, 3.05) is 5.75 Å². The number of hydrogen-bond donors (Lipinski definition) is 1. The van der Waals surface area contributed by atoms with Crippen molar-refractivity contribution < 1.29 is 4.39 Å². The van der Waals surface area contributed by atoms with Crippen molar-refractivity contribution >= 4 is 18.7 Å². The maximum absolute atomic E-state index is 12.7. The van der Waals surface area contributed by atoms with Gasteiger partial charge in [0.05, 0.1) is 11.4 Å². The molecule has 0 aliphatic carbocycles. The van der Waals surface area contributed by atoms with E-state index in [4.69, 9.17) is 0 Å². The normalized spacial score (nSPS) is 10.9. The molecule has 1 rings (SSSR count). The lowest BCUT2D eigenvalue weighted by Gasteiger charge is -1.96. The molecule has 1 nitrogen and oxygen atoms in total. The lowest BCUT2D eigenvalue weighted by atomic mass is 10.3. The van der Waals surface area contributed by atoms with E-state index in [0.717, 1.165) is 5.69 Å². The molecule has 0 aliphatic heterocycles. The lowest BCUT2D eigenvalue weighted by molar-refractivity contribution is 0.609. The summed E-state index contributed by atoms with van der Waals surface area (Å²) < 4.78 is 12.7. The van der Waals surface area contributed by atoms with Crippen LogP contribution in [0.2, 0.25) is 0 Å². The molecule has 12 heavy (non-hydrogen) atoms. The van der Waals surface area contributed by atoms with Crippen LogP contribution in [0.4, 0.5) is 4.39 Å². The molecule has 1 heterocycles. The average Bonchev–Trinajstić information content (AvgIpc) is 2.07. The molecular weight excluding hydrogens is 173 g/mol. The third-order valence-corrected chi connectivity index (χ3v) is 1.65. The van der Waals surface area contributed by atoms with Crippen molar-refractivity contribution in [3.05, 3.63) is 35.4 Å². The largest absolute Gasteiger partial charge is 0.251 e. The third kappa shape index (κ3) is 2.34. The standard InChI is InChI=1S/C9H10FNS/c1-7-9(10)5-4-8(11-7)3-2-6-12/h2-5,12H,6H2,1H3. The van der Waals surface area contributed by atoms with E-state index >= 15 is 0 Å². The van der Waals surface area contributed by atoms with Crippen LogP contribution < -0.4 is 0 Å². The molecule has 0 saturated carbocycles. The molecule has 0 N–H and O–H groups in total. The Morgan fingerprint density at radius 1 is 1.58 bits per heavy atom. The Morgan fingerprint density at radius 3 is 2.92 bits per heavy atom. The number of pyridine rings is 1. The monoisotopic (exact) mass is 183 g/mol. The summed E-state index contributed by atoms with van der Waals surface area (Å²) >= 11 is 4.01. The summed E-state index contributed by atoms with van der Waals surface area (Å²) in [5, 5.41) is 0.